The summed E-state index contributed by atoms with van der Waals surface area (Å²) in [5.74, 6) is 0. The van der Waals surface area contributed by atoms with E-state index in [0.717, 1.165) is 0 Å². The van der Waals surface area contributed by atoms with Crippen molar-refractivity contribution in [2.75, 3.05) is 24.6 Å². The molecule has 0 unspecified atom stereocenters. The van der Waals surface area contributed by atoms with Crippen LogP contribution in [-0.4, -0.2) is 24.6 Å². The molecule has 0 aliphatic carbocycles. The van der Waals surface area contributed by atoms with E-state index in [1.54, 1.807) is 43.9 Å². The van der Waals surface area contributed by atoms with Crippen LogP contribution in [-0.2, 0) is 0 Å². The van der Waals surface area contributed by atoms with Crippen molar-refractivity contribution < 1.29 is 0 Å². The zero-order chi connectivity index (χ0) is 38.4. The van der Waals surface area contributed by atoms with E-state index in [9.17, 15) is 0 Å². The van der Waals surface area contributed by atoms with Crippen LogP contribution in [0.3, 0.4) is 0 Å². The van der Waals surface area contributed by atoms with Gasteiger partial charge in [-0.05, 0) is 0 Å². The second-order valence-electron chi connectivity index (χ2n) is 18.6. The quantitative estimate of drug-likeness (QED) is 0.0428. The van der Waals surface area contributed by atoms with Crippen molar-refractivity contribution in [3.05, 3.63) is 0 Å². The fourth-order valence-corrected chi connectivity index (χ4v) is 15.0. The van der Waals surface area contributed by atoms with E-state index in [-0.39, 0.29) is 0 Å². The maximum atomic E-state index is 2.46. The number of hydrogen-bond donors (Lipinski definition) is 0. The summed E-state index contributed by atoms with van der Waals surface area (Å²) in [7, 11) is -1.12. The topological polar surface area (TPSA) is 0 Å². The number of rotatable bonds is 48. The van der Waals surface area contributed by atoms with Crippen molar-refractivity contribution in [1.29, 1.82) is 0 Å². The van der Waals surface area contributed by atoms with Gasteiger partial charge < -0.3 is 0 Å². The Hall–Kier alpha value is 0.430. The summed E-state index contributed by atoms with van der Waals surface area (Å²) in [6.07, 6.45) is 72.4. The van der Waals surface area contributed by atoms with Crippen molar-refractivity contribution in [2.24, 2.45) is 0 Å². The molecule has 0 amide bonds. The average molecular weight is 765 g/mol. The SMILES string of the molecule is CCCCCCCCCCCCCCCC[PH](CCCC)(CCCCCCCCCCCCCCCC)CCCCCCCCCCCCCCCC. The predicted molar refractivity (Wildman–Crippen MR) is 254 cm³/mol. The molecule has 0 saturated carbocycles. The zero-order valence-corrected chi connectivity index (χ0v) is 39.4. The standard InChI is InChI=1S/C52H109P/c1-5-9-13-16-19-22-25-28-31-34-37-40-43-46-50-53(49-12-8-4,51-47-44-41-38-35-32-29-26-23-20-17-14-10-6-2)52-48-45-42-39-36-33-30-27-24-21-18-15-11-7-3/h53H,5-52H2,1-4H3. The van der Waals surface area contributed by atoms with Crippen LogP contribution < -0.4 is 0 Å². The van der Waals surface area contributed by atoms with E-state index < -0.39 is 7.26 Å². The minimum Gasteiger partial charge on any atom is -0.0654 e. The van der Waals surface area contributed by atoms with Gasteiger partial charge in [0.2, 0.25) is 0 Å². The second kappa shape index (κ2) is 46.8. The first-order valence-corrected chi connectivity index (χ1v) is 29.1. The molecule has 0 fully saturated rings. The van der Waals surface area contributed by atoms with Crippen LogP contribution >= 0.6 is 7.26 Å². The molecule has 0 atom stereocenters. The molecule has 0 aromatic heterocycles. The van der Waals surface area contributed by atoms with Crippen molar-refractivity contribution in [3.8, 4) is 0 Å². The van der Waals surface area contributed by atoms with Gasteiger partial charge in [-0.2, -0.15) is 0 Å². The molecule has 322 valence electrons. The second-order valence-corrected chi connectivity index (χ2v) is 23.6. The Bertz CT molecular complexity index is 548. The maximum absolute atomic E-state index is 2.46. The number of unbranched alkanes of at least 4 members (excludes halogenated alkanes) is 40. The fraction of sp³-hybridized carbons (Fsp3) is 1.00. The Balaban J connectivity index is 4.42. The van der Waals surface area contributed by atoms with E-state index in [2.05, 4.69) is 27.7 Å². The molecular formula is C52H109P. The van der Waals surface area contributed by atoms with E-state index in [4.69, 9.17) is 0 Å². The van der Waals surface area contributed by atoms with Gasteiger partial charge in [0.15, 0.2) is 0 Å². The van der Waals surface area contributed by atoms with Gasteiger partial charge in [-0.15, -0.1) is 0 Å². The third-order valence-electron chi connectivity index (χ3n) is 13.2. The third-order valence-corrected chi connectivity index (χ3v) is 18.9. The zero-order valence-electron chi connectivity index (χ0n) is 38.4. The van der Waals surface area contributed by atoms with Gasteiger partial charge in [0.05, 0.1) is 0 Å². The van der Waals surface area contributed by atoms with Crippen molar-refractivity contribution in [3.63, 3.8) is 0 Å². The van der Waals surface area contributed by atoms with Gasteiger partial charge in [-0.3, -0.25) is 0 Å². The molecule has 0 N–H and O–H groups in total. The van der Waals surface area contributed by atoms with Gasteiger partial charge in [-0.1, -0.05) is 78.6 Å². The summed E-state index contributed by atoms with van der Waals surface area (Å²) in [4.78, 5) is 0. The molecular weight excluding hydrogens is 656 g/mol. The summed E-state index contributed by atoms with van der Waals surface area (Å²) in [6, 6.07) is 0. The molecule has 0 aromatic rings. The molecule has 0 spiro atoms. The Kier molecular flexibility index (Phi) is 47.2. The summed E-state index contributed by atoms with van der Waals surface area (Å²) >= 11 is 0. The van der Waals surface area contributed by atoms with Crippen molar-refractivity contribution in [2.45, 2.75) is 310 Å². The Morgan fingerprint density at radius 1 is 0.151 bits per heavy atom. The molecule has 0 nitrogen and oxygen atoms in total. The van der Waals surface area contributed by atoms with Gasteiger partial charge >= 0.3 is 264 Å². The summed E-state index contributed by atoms with van der Waals surface area (Å²) in [5, 5.41) is 0. The van der Waals surface area contributed by atoms with Crippen LogP contribution in [0.5, 0.6) is 0 Å². The summed E-state index contributed by atoms with van der Waals surface area (Å²) in [5.41, 5.74) is 0. The minimum absolute atomic E-state index is 1.12. The minimum atomic E-state index is -1.12. The van der Waals surface area contributed by atoms with Gasteiger partial charge in [0.25, 0.3) is 0 Å². The molecule has 0 radical (unpaired) electrons. The first-order chi connectivity index (χ1) is 26.2. The number of hydrogen-bond acceptors (Lipinski definition) is 0. The summed E-state index contributed by atoms with van der Waals surface area (Å²) in [6.45, 7) is 9.44. The first-order valence-electron chi connectivity index (χ1n) is 26.2. The van der Waals surface area contributed by atoms with Gasteiger partial charge in [0.1, 0.15) is 0 Å². The van der Waals surface area contributed by atoms with Crippen LogP contribution in [0.1, 0.15) is 310 Å². The molecule has 53 heavy (non-hydrogen) atoms. The first kappa shape index (κ1) is 53.4. The van der Waals surface area contributed by atoms with Gasteiger partial charge in [-0.25, -0.2) is 0 Å². The third kappa shape index (κ3) is 41.9. The fourth-order valence-electron chi connectivity index (χ4n) is 9.39. The Morgan fingerprint density at radius 2 is 0.283 bits per heavy atom. The molecule has 0 bridgehead atoms. The van der Waals surface area contributed by atoms with Crippen LogP contribution in [0.4, 0.5) is 0 Å². The van der Waals surface area contributed by atoms with E-state index in [0.29, 0.717) is 0 Å². The van der Waals surface area contributed by atoms with Crippen LogP contribution in [0, 0.1) is 0 Å². The van der Waals surface area contributed by atoms with Crippen molar-refractivity contribution in [1.82, 2.24) is 0 Å². The smallest absolute Gasteiger partial charge is 0.0654 e. The average Bonchev–Trinajstić information content (AvgIpc) is 3.17. The normalized spacial score (nSPS) is 12.3. The molecule has 1 heteroatoms. The van der Waals surface area contributed by atoms with E-state index in [1.807, 2.05) is 0 Å². The van der Waals surface area contributed by atoms with Crippen molar-refractivity contribution >= 4 is 7.26 Å². The predicted octanol–water partition coefficient (Wildman–Crippen LogP) is 20.0. The van der Waals surface area contributed by atoms with E-state index >= 15 is 0 Å². The van der Waals surface area contributed by atoms with Crippen LogP contribution in [0.25, 0.3) is 0 Å². The Labute approximate surface area is 340 Å². The molecule has 0 saturated heterocycles. The van der Waals surface area contributed by atoms with Crippen LogP contribution in [0.15, 0.2) is 0 Å². The molecule has 0 aliphatic heterocycles. The molecule has 0 aliphatic rings. The molecule has 0 rings (SSSR count). The van der Waals surface area contributed by atoms with Crippen LogP contribution in [0.2, 0.25) is 0 Å². The Morgan fingerprint density at radius 3 is 0.453 bits per heavy atom. The van der Waals surface area contributed by atoms with Gasteiger partial charge in [0, 0.05) is 0 Å². The summed E-state index contributed by atoms with van der Waals surface area (Å²) < 4.78 is 0. The molecule has 0 aromatic carbocycles. The van der Waals surface area contributed by atoms with E-state index in [1.165, 1.54) is 263 Å². The monoisotopic (exact) mass is 765 g/mol. The molecule has 0 heterocycles.